The lowest BCUT2D eigenvalue weighted by atomic mass is 10.6. The third-order valence-electron chi connectivity index (χ3n) is 1.42. The Morgan fingerprint density at radius 3 is 1.40 bits per heavy atom. The van der Waals surface area contributed by atoms with Gasteiger partial charge in [0.2, 0.25) is 0 Å². The summed E-state index contributed by atoms with van der Waals surface area (Å²) in [4.78, 5) is 0. The first kappa shape index (κ1) is 24.5. The monoisotopic (exact) mass is 297 g/mol. The van der Waals surface area contributed by atoms with Crippen LogP contribution in [-0.4, -0.2) is 86.4 Å². The highest BCUT2D eigenvalue weighted by molar-refractivity contribution is 4.51. The van der Waals surface area contributed by atoms with Crippen LogP contribution in [0.2, 0.25) is 0 Å². The molecule has 0 unspecified atom stereocenters. The predicted molar refractivity (Wildman–Crippen MR) is 78.7 cm³/mol. The molecular formula is C13H31NO6. The van der Waals surface area contributed by atoms with Crippen LogP contribution in [0.25, 0.3) is 0 Å². The van der Waals surface area contributed by atoms with Gasteiger partial charge in [-0.3, -0.25) is 0 Å². The quantitative estimate of drug-likeness (QED) is 0.239. The van der Waals surface area contributed by atoms with Crippen molar-refractivity contribution in [3.8, 4) is 0 Å². The van der Waals surface area contributed by atoms with Gasteiger partial charge in [-0.05, 0) is 6.92 Å². The van der Waals surface area contributed by atoms with Crippen LogP contribution in [0.4, 0.5) is 0 Å². The summed E-state index contributed by atoms with van der Waals surface area (Å²) in [5.41, 5.74) is 0. The van der Waals surface area contributed by atoms with E-state index in [1.807, 2.05) is 6.92 Å². The lowest BCUT2D eigenvalue weighted by Gasteiger charge is -2.01. The maximum atomic E-state index is 8.26. The Bertz CT molecular complexity index is 137. The zero-order valence-electron chi connectivity index (χ0n) is 12.5. The van der Waals surface area contributed by atoms with Crippen molar-refractivity contribution >= 4 is 0 Å². The van der Waals surface area contributed by atoms with Gasteiger partial charge in [-0.1, -0.05) is 6.08 Å². The molecule has 0 aliphatic rings. The first-order valence-corrected chi connectivity index (χ1v) is 6.61. The van der Waals surface area contributed by atoms with Crippen molar-refractivity contribution in [3.05, 3.63) is 12.7 Å². The van der Waals surface area contributed by atoms with Gasteiger partial charge in [0.25, 0.3) is 0 Å². The molecule has 0 rings (SSSR count). The van der Waals surface area contributed by atoms with E-state index in [1.54, 1.807) is 6.08 Å². The van der Waals surface area contributed by atoms with E-state index in [1.165, 1.54) is 0 Å². The fourth-order valence-corrected chi connectivity index (χ4v) is 0.734. The van der Waals surface area contributed by atoms with Crippen LogP contribution in [0, 0.1) is 0 Å². The molecule has 0 aliphatic carbocycles. The summed E-state index contributed by atoms with van der Waals surface area (Å²) in [6.07, 6.45) is 1.75. The zero-order chi connectivity index (χ0) is 15.9. The summed E-state index contributed by atoms with van der Waals surface area (Å²) in [6.45, 7) is 8.40. The highest BCUT2D eigenvalue weighted by Crippen LogP contribution is 1.76. The van der Waals surface area contributed by atoms with Gasteiger partial charge in [-0.25, -0.2) is 0 Å². The predicted octanol–water partition coefficient (Wildman–Crippen LogP) is -1.24. The maximum absolute atomic E-state index is 8.26. The summed E-state index contributed by atoms with van der Waals surface area (Å²) in [7, 11) is 0. The van der Waals surface area contributed by atoms with Crippen LogP contribution in [-0.2, 0) is 9.47 Å². The molecule has 0 saturated carbocycles. The number of hydrogen-bond acceptors (Lipinski definition) is 7. The van der Waals surface area contributed by atoms with Crippen molar-refractivity contribution in [1.29, 1.82) is 0 Å². The highest BCUT2D eigenvalue weighted by atomic mass is 16.5. The van der Waals surface area contributed by atoms with E-state index in [0.717, 1.165) is 0 Å². The molecule has 0 aromatic carbocycles. The second-order valence-corrected chi connectivity index (χ2v) is 3.28. The maximum Gasteiger partial charge on any atom is 0.0701 e. The topological polar surface area (TPSA) is 111 Å². The Morgan fingerprint density at radius 1 is 0.800 bits per heavy atom. The second kappa shape index (κ2) is 31.1. The van der Waals surface area contributed by atoms with Crippen LogP contribution >= 0.6 is 0 Å². The largest absolute Gasteiger partial charge is 0.395 e. The number of aliphatic hydroxyl groups excluding tert-OH is 4. The highest BCUT2D eigenvalue weighted by Gasteiger charge is 1.86. The van der Waals surface area contributed by atoms with Gasteiger partial charge in [-0.2, -0.15) is 0 Å². The van der Waals surface area contributed by atoms with E-state index in [2.05, 4.69) is 11.9 Å². The lowest BCUT2D eigenvalue weighted by Crippen LogP contribution is -2.21. The molecule has 0 saturated heterocycles. The molecule has 7 nitrogen and oxygen atoms in total. The van der Waals surface area contributed by atoms with Crippen LogP contribution < -0.4 is 5.32 Å². The molecule has 0 fully saturated rings. The molecule has 0 heterocycles. The molecule has 0 amide bonds. The molecule has 0 radical (unpaired) electrons. The summed E-state index contributed by atoms with van der Waals surface area (Å²) in [5.74, 6) is 0. The average Bonchev–Trinajstić information content (AvgIpc) is 2.45. The number of nitrogens with one attached hydrogen (secondary N) is 1. The molecule has 0 aromatic heterocycles. The fraction of sp³-hybridized carbons (Fsp3) is 0.846. The molecule has 0 aliphatic heterocycles. The number of ether oxygens (including phenoxy) is 2. The fourth-order valence-electron chi connectivity index (χ4n) is 0.734. The SMILES string of the molecule is C=CC.OCCNCCO.OCCOCCOCCO. The van der Waals surface area contributed by atoms with Crippen LogP contribution in [0.3, 0.4) is 0 Å². The standard InChI is InChI=1S/C6H14O4.C4H11NO2.C3H6/c7-1-3-9-5-6-10-4-2-8;6-3-1-5-2-4-7;1-3-2/h7-8H,1-6H2;5-7H,1-4H2;3H,1H2,2H3. The van der Waals surface area contributed by atoms with Crippen LogP contribution in [0.1, 0.15) is 6.92 Å². The molecule has 20 heavy (non-hydrogen) atoms. The second-order valence-electron chi connectivity index (χ2n) is 3.28. The lowest BCUT2D eigenvalue weighted by molar-refractivity contribution is 0.0222. The van der Waals surface area contributed by atoms with Crippen molar-refractivity contribution in [2.75, 3.05) is 65.9 Å². The Labute approximate surface area is 121 Å². The van der Waals surface area contributed by atoms with Crippen molar-refractivity contribution in [1.82, 2.24) is 5.32 Å². The number of allylic oxidation sites excluding steroid dienone is 1. The van der Waals surface area contributed by atoms with Crippen LogP contribution in [0.5, 0.6) is 0 Å². The number of hydrogen-bond donors (Lipinski definition) is 5. The smallest absolute Gasteiger partial charge is 0.0701 e. The van der Waals surface area contributed by atoms with E-state index in [-0.39, 0.29) is 26.4 Å². The van der Waals surface area contributed by atoms with Gasteiger partial charge in [0.1, 0.15) is 0 Å². The molecular weight excluding hydrogens is 266 g/mol. The Morgan fingerprint density at radius 2 is 1.15 bits per heavy atom. The molecule has 0 atom stereocenters. The van der Waals surface area contributed by atoms with E-state index in [9.17, 15) is 0 Å². The molecule has 5 N–H and O–H groups in total. The van der Waals surface area contributed by atoms with Crippen LogP contribution in [0.15, 0.2) is 12.7 Å². The van der Waals surface area contributed by atoms with Crippen molar-refractivity contribution in [3.63, 3.8) is 0 Å². The Hall–Kier alpha value is -0.540. The van der Waals surface area contributed by atoms with Crippen molar-refractivity contribution in [2.24, 2.45) is 0 Å². The van der Waals surface area contributed by atoms with Gasteiger partial charge < -0.3 is 35.2 Å². The summed E-state index contributed by atoms with van der Waals surface area (Å²) in [5, 5.41) is 35.6. The Balaban J connectivity index is -0.000000251. The molecule has 0 aromatic rings. The van der Waals surface area contributed by atoms with Gasteiger partial charge in [0.05, 0.1) is 52.9 Å². The minimum atomic E-state index is 0.0417. The Kier molecular flexibility index (Phi) is 38.0. The number of rotatable bonds is 11. The molecule has 0 spiro atoms. The molecule has 7 heteroatoms. The summed E-state index contributed by atoms with van der Waals surface area (Å²) >= 11 is 0. The zero-order valence-corrected chi connectivity index (χ0v) is 12.5. The van der Waals surface area contributed by atoms with Crippen molar-refractivity contribution in [2.45, 2.75) is 6.92 Å². The third-order valence-corrected chi connectivity index (χ3v) is 1.42. The van der Waals surface area contributed by atoms with E-state index < -0.39 is 0 Å². The molecule has 0 bridgehead atoms. The minimum Gasteiger partial charge on any atom is -0.395 e. The average molecular weight is 297 g/mol. The van der Waals surface area contributed by atoms with Gasteiger partial charge in [-0.15, -0.1) is 6.58 Å². The van der Waals surface area contributed by atoms with Gasteiger partial charge in [0.15, 0.2) is 0 Å². The summed E-state index contributed by atoms with van der Waals surface area (Å²) < 4.78 is 9.75. The van der Waals surface area contributed by atoms with Crippen molar-refractivity contribution < 1.29 is 29.9 Å². The minimum absolute atomic E-state index is 0.0417. The number of aliphatic hydroxyl groups is 4. The summed E-state index contributed by atoms with van der Waals surface area (Å²) in [6, 6.07) is 0. The van der Waals surface area contributed by atoms with E-state index in [4.69, 9.17) is 29.9 Å². The first-order chi connectivity index (χ1) is 9.74. The van der Waals surface area contributed by atoms with Gasteiger partial charge in [0, 0.05) is 13.1 Å². The normalized spacial score (nSPS) is 9.05. The first-order valence-electron chi connectivity index (χ1n) is 6.61. The van der Waals surface area contributed by atoms with E-state index in [0.29, 0.717) is 39.5 Å². The van der Waals surface area contributed by atoms with Gasteiger partial charge >= 0.3 is 0 Å². The van der Waals surface area contributed by atoms with E-state index >= 15 is 0 Å². The third kappa shape index (κ3) is 43.2. The molecule has 124 valence electrons.